The van der Waals surface area contributed by atoms with E-state index in [2.05, 4.69) is 19.2 Å². The van der Waals surface area contributed by atoms with E-state index in [-0.39, 0.29) is 5.60 Å². The van der Waals surface area contributed by atoms with Crippen molar-refractivity contribution in [2.75, 3.05) is 13.2 Å². The number of nitrogens with one attached hydrogen (secondary N) is 1. The number of hydrogen-bond donors (Lipinski definition) is 1. The summed E-state index contributed by atoms with van der Waals surface area (Å²) < 4.78 is 5.71. The smallest absolute Gasteiger partial charge is 0.0643 e. The van der Waals surface area contributed by atoms with Crippen LogP contribution in [0.25, 0.3) is 0 Å². The van der Waals surface area contributed by atoms with Crippen LogP contribution < -0.4 is 5.32 Å². The first kappa shape index (κ1) is 10.4. The predicted molar refractivity (Wildman–Crippen MR) is 58.4 cm³/mol. The van der Waals surface area contributed by atoms with Crippen molar-refractivity contribution in [1.29, 1.82) is 0 Å². The van der Waals surface area contributed by atoms with E-state index in [9.17, 15) is 0 Å². The molecule has 2 nitrogen and oxygen atoms in total. The van der Waals surface area contributed by atoms with Gasteiger partial charge in [0.25, 0.3) is 0 Å². The topological polar surface area (TPSA) is 21.3 Å². The van der Waals surface area contributed by atoms with E-state index in [1.165, 1.54) is 38.6 Å². The van der Waals surface area contributed by atoms with Crippen molar-refractivity contribution in [2.24, 2.45) is 5.92 Å². The van der Waals surface area contributed by atoms with Crippen molar-refractivity contribution < 1.29 is 4.74 Å². The van der Waals surface area contributed by atoms with Crippen LogP contribution in [0.4, 0.5) is 0 Å². The molecule has 0 aromatic rings. The summed E-state index contributed by atoms with van der Waals surface area (Å²) in [6, 6.07) is 0.602. The maximum absolute atomic E-state index is 5.71. The molecule has 0 radical (unpaired) electrons. The lowest BCUT2D eigenvalue weighted by atomic mass is 10.0. The molecule has 1 aliphatic carbocycles. The molecule has 1 atom stereocenters. The van der Waals surface area contributed by atoms with E-state index in [1.807, 2.05) is 0 Å². The SMILES string of the molecule is CC1(C)CC(NCC2CCCC2)CO1. The van der Waals surface area contributed by atoms with Crippen molar-refractivity contribution in [3.05, 3.63) is 0 Å². The fourth-order valence-corrected chi connectivity index (χ4v) is 2.72. The van der Waals surface area contributed by atoms with E-state index in [0.29, 0.717) is 6.04 Å². The molecule has 14 heavy (non-hydrogen) atoms. The van der Waals surface area contributed by atoms with E-state index in [1.54, 1.807) is 0 Å². The molecule has 1 heterocycles. The summed E-state index contributed by atoms with van der Waals surface area (Å²) in [5, 5.41) is 3.65. The molecule has 1 saturated carbocycles. The molecule has 1 saturated heterocycles. The molecule has 2 aliphatic rings. The van der Waals surface area contributed by atoms with Gasteiger partial charge in [0.1, 0.15) is 0 Å². The van der Waals surface area contributed by atoms with Gasteiger partial charge in [-0.3, -0.25) is 0 Å². The molecule has 0 aromatic carbocycles. The minimum absolute atomic E-state index is 0.105. The lowest BCUT2D eigenvalue weighted by Gasteiger charge is -2.17. The number of ether oxygens (including phenoxy) is 1. The van der Waals surface area contributed by atoms with Gasteiger partial charge in [-0.15, -0.1) is 0 Å². The molecule has 1 N–H and O–H groups in total. The maximum atomic E-state index is 5.71. The Labute approximate surface area is 87.4 Å². The first-order valence-electron chi connectivity index (χ1n) is 6.03. The largest absolute Gasteiger partial charge is 0.374 e. The highest BCUT2D eigenvalue weighted by molar-refractivity contribution is 4.86. The molecule has 2 fully saturated rings. The molecule has 0 spiro atoms. The van der Waals surface area contributed by atoms with Crippen molar-refractivity contribution >= 4 is 0 Å². The monoisotopic (exact) mass is 197 g/mol. The summed E-state index contributed by atoms with van der Waals surface area (Å²) >= 11 is 0. The zero-order valence-corrected chi connectivity index (χ0v) is 9.51. The van der Waals surface area contributed by atoms with Crippen LogP contribution in [0.1, 0.15) is 46.0 Å². The van der Waals surface area contributed by atoms with E-state index in [4.69, 9.17) is 4.74 Å². The summed E-state index contributed by atoms with van der Waals surface area (Å²) in [5.41, 5.74) is 0.105. The van der Waals surface area contributed by atoms with Crippen LogP contribution >= 0.6 is 0 Å². The predicted octanol–water partition coefficient (Wildman–Crippen LogP) is 2.33. The molecule has 0 aromatic heterocycles. The first-order valence-corrected chi connectivity index (χ1v) is 6.03. The Morgan fingerprint density at radius 1 is 1.29 bits per heavy atom. The zero-order chi connectivity index (χ0) is 10.0. The fraction of sp³-hybridized carbons (Fsp3) is 1.00. The Hall–Kier alpha value is -0.0800. The van der Waals surface area contributed by atoms with E-state index < -0.39 is 0 Å². The summed E-state index contributed by atoms with van der Waals surface area (Å²) in [6.07, 6.45) is 6.92. The fourth-order valence-electron chi connectivity index (χ4n) is 2.72. The number of hydrogen-bond acceptors (Lipinski definition) is 2. The average Bonchev–Trinajstić information content (AvgIpc) is 2.70. The highest BCUT2D eigenvalue weighted by Gasteiger charge is 2.31. The molecular formula is C12H23NO. The normalized spacial score (nSPS) is 32.6. The van der Waals surface area contributed by atoms with Crippen molar-refractivity contribution in [1.82, 2.24) is 5.32 Å². The van der Waals surface area contributed by atoms with Crippen molar-refractivity contribution in [2.45, 2.75) is 57.6 Å². The summed E-state index contributed by atoms with van der Waals surface area (Å²) in [5.74, 6) is 0.943. The van der Waals surface area contributed by atoms with Crippen molar-refractivity contribution in [3.63, 3.8) is 0 Å². The number of rotatable bonds is 3. The van der Waals surface area contributed by atoms with Crippen LogP contribution in [0.5, 0.6) is 0 Å². The van der Waals surface area contributed by atoms with Gasteiger partial charge < -0.3 is 10.1 Å². The zero-order valence-electron chi connectivity index (χ0n) is 9.51. The lowest BCUT2D eigenvalue weighted by Crippen LogP contribution is -2.33. The third-order valence-corrected chi connectivity index (χ3v) is 3.58. The summed E-state index contributed by atoms with van der Waals surface area (Å²) in [4.78, 5) is 0. The van der Waals surface area contributed by atoms with Crippen LogP contribution in [0.3, 0.4) is 0 Å². The standard InChI is InChI=1S/C12H23NO/c1-12(2)7-11(9-14-12)13-8-10-5-3-4-6-10/h10-11,13H,3-9H2,1-2H3. The van der Waals surface area contributed by atoms with Gasteiger partial charge in [-0.2, -0.15) is 0 Å². The highest BCUT2D eigenvalue weighted by Crippen LogP contribution is 2.26. The van der Waals surface area contributed by atoms with Gasteiger partial charge in [0, 0.05) is 6.04 Å². The molecule has 2 heteroatoms. The van der Waals surface area contributed by atoms with Crippen LogP contribution in [0.2, 0.25) is 0 Å². The molecule has 2 rings (SSSR count). The van der Waals surface area contributed by atoms with E-state index in [0.717, 1.165) is 12.5 Å². The average molecular weight is 197 g/mol. The molecule has 82 valence electrons. The van der Waals surface area contributed by atoms with Crippen molar-refractivity contribution in [3.8, 4) is 0 Å². The Balaban J connectivity index is 1.66. The second kappa shape index (κ2) is 4.19. The minimum atomic E-state index is 0.105. The van der Waals surface area contributed by atoms with E-state index >= 15 is 0 Å². The van der Waals surface area contributed by atoms with Gasteiger partial charge in [0.05, 0.1) is 12.2 Å². The second-order valence-electron chi connectivity index (χ2n) is 5.53. The minimum Gasteiger partial charge on any atom is -0.374 e. The lowest BCUT2D eigenvalue weighted by molar-refractivity contribution is 0.0357. The molecule has 0 bridgehead atoms. The Kier molecular flexibility index (Phi) is 3.13. The van der Waals surface area contributed by atoms with Gasteiger partial charge >= 0.3 is 0 Å². The summed E-state index contributed by atoms with van der Waals surface area (Å²) in [7, 11) is 0. The highest BCUT2D eigenvalue weighted by atomic mass is 16.5. The quantitative estimate of drug-likeness (QED) is 0.750. The Morgan fingerprint density at radius 3 is 2.57 bits per heavy atom. The van der Waals surface area contributed by atoms with Crippen LogP contribution in [0, 0.1) is 5.92 Å². The van der Waals surface area contributed by atoms with Gasteiger partial charge in [0.15, 0.2) is 0 Å². The van der Waals surface area contributed by atoms with Gasteiger partial charge in [-0.1, -0.05) is 12.8 Å². The first-order chi connectivity index (χ1) is 6.66. The molecule has 0 amide bonds. The molecule has 1 unspecified atom stereocenters. The van der Waals surface area contributed by atoms with Gasteiger partial charge in [-0.25, -0.2) is 0 Å². The Bertz CT molecular complexity index is 185. The van der Waals surface area contributed by atoms with Gasteiger partial charge in [-0.05, 0) is 45.6 Å². The van der Waals surface area contributed by atoms with Crippen LogP contribution in [0.15, 0.2) is 0 Å². The van der Waals surface area contributed by atoms with Crippen LogP contribution in [-0.4, -0.2) is 24.8 Å². The Morgan fingerprint density at radius 2 is 2.00 bits per heavy atom. The maximum Gasteiger partial charge on any atom is 0.0643 e. The molecular weight excluding hydrogens is 174 g/mol. The van der Waals surface area contributed by atoms with Gasteiger partial charge in [0.2, 0.25) is 0 Å². The molecule has 1 aliphatic heterocycles. The third-order valence-electron chi connectivity index (χ3n) is 3.58. The second-order valence-corrected chi connectivity index (χ2v) is 5.53. The van der Waals surface area contributed by atoms with Crippen LogP contribution in [-0.2, 0) is 4.74 Å². The third kappa shape index (κ3) is 2.71. The summed E-state index contributed by atoms with van der Waals surface area (Å²) in [6.45, 7) is 6.48.